The molecule has 2 aliphatic rings. The molecule has 1 spiro atoms. The summed E-state index contributed by atoms with van der Waals surface area (Å²) in [7, 11) is -3.29. The van der Waals surface area contributed by atoms with Gasteiger partial charge in [-0.25, -0.2) is 18.4 Å². The van der Waals surface area contributed by atoms with E-state index in [4.69, 9.17) is 0 Å². The summed E-state index contributed by atoms with van der Waals surface area (Å²) in [5, 5.41) is 9.82. The fourth-order valence-electron chi connectivity index (χ4n) is 4.23. The van der Waals surface area contributed by atoms with Gasteiger partial charge in [0.1, 0.15) is 0 Å². The SMILES string of the molecule is CCS(=O)(=O)c1ccc2c(c1)N(c1ncc(-c3cc(C(C)O)ccn3)cn1)CC21CC1. The van der Waals surface area contributed by atoms with Crippen LogP contribution in [-0.2, 0) is 15.3 Å². The normalized spacial score (nSPS) is 17.6. The van der Waals surface area contributed by atoms with Crippen LogP contribution in [0.2, 0.25) is 0 Å². The van der Waals surface area contributed by atoms with Crippen molar-refractivity contribution in [3.05, 3.63) is 60.0 Å². The Bertz CT molecular complexity index is 1250. The van der Waals surface area contributed by atoms with Crippen molar-refractivity contribution in [3.63, 3.8) is 0 Å². The highest BCUT2D eigenvalue weighted by molar-refractivity contribution is 7.91. The van der Waals surface area contributed by atoms with Crippen LogP contribution in [0.4, 0.5) is 11.6 Å². The summed E-state index contributed by atoms with van der Waals surface area (Å²) in [6, 6.07) is 9.07. The second kappa shape index (κ2) is 7.10. The van der Waals surface area contributed by atoms with Crippen molar-refractivity contribution >= 4 is 21.5 Å². The van der Waals surface area contributed by atoms with Crippen LogP contribution in [0.15, 0.2) is 53.8 Å². The molecule has 31 heavy (non-hydrogen) atoms. The molecule has 1 aliphatic carbocycles. The number of nitrogens with zero attached hydrogens (tertiary/aromatic N) is 4. The van der Waals surface area contributed by atoms with Gasteiger partial charge in [-0.2, -0.15) is 0 Å². The highest BCUT2D eigenvalue weighted by Gasteiger charge is 2.52. The van der Waals surface area contributed by atoms with E-state index in [-0.39, 0.29) is 11.2 Å². The molecular weight excluding hydrogens is 412 g/mol. The number of anilines is 2. The predicted molar refractivity (Wildman–Crippen MR) is 118 cm³/mol. The molecule has 1 atom stereocenters. The Balaban J connectivity index is 1.51. The molecule has 0 amide bonds. The summed E-state index contributed by atoms with van der Waals surface area (Å²) in [5.74, 6) is 0.618. The smallest absolute Gasteiger partial charge is 0.229 e. The van der Waals surface area contributed by atoms with Gasteiger partial charge < -0.3 is 10.0 Å². The first-order valence-corrected chi connectivity index (χ1v) is 12.1. The largest absolute Gasteiger partial charge is 0.389 e. The molecule has 3 aromatic rings. The minimum absolute atomic E-state index is 0.0701. The van der Waals surface area contributed by atoms with E-state index in [0.717, 1.165) is 36.2 Å². The van der Waals surface area contributed by atoms with Gasteiger partial charge in [-0.3, -0.25) is 4.98 Å². The van der Waals surface area contributed by atoms with E-state index in [9.17, 15) is 13.5 Å². The molecule has 7 nitrogen and oxygen atoms in total. The molecule has 1 saturated carbocycles. The molecule has 160 valence electrons. The molecule has 0 radical (unpaired) electrons. The molecule has 1 unspecified atom stereocenters. The predicted octanol–water partition coefficient (Wildman–Crippen LogP) is 3.57. The van der Waals surface area contributed by atoms with Gasteiger partial charge in [0.25, 0.3) is 0 Å². The van der Waals surface area contributed by atoms with E-state index in [2.05, 4.69) is 15.0 Å². The third-order valence-electron chi connectivity index (χ3n) is 6.33. The van der Waals surface area contributed by atoms with Gasteiger partial charge in [-0.1, -0.05) is 13.0 Å². The first-order chi connectivity index (χ1) is 14.8. The highest BCUT2D eigenvalue weighted by atomic mass is 32.2. The lowest BCUT2D eigenvalue weighted by Gasteiger charge is -2.18. The first kappa shape index (κ1) is 20.1. The number of aliphatic hydroxyl groups excluding tert-OH is 1. The molecule has 8 heteroatoms. The summed E-state index contributed by atoms with van der Waals surface area (Å²) in [5.41, 5.74) is 4.38. The van der Waals surface area contributed by atoms with Crippen LogP contribution in [0.25, 0.3) is 11.3 Å². The maximum absolute atomic E-state index is 12.4. The quantitative estimate of drug-likeness (QED) is 0.653. The highest BCUT2D eigenvalue weighted by Crippen LogP contribution is 2.58. The van der Waals surface area contributed by atoms with E-state index in [1.807, 2.05) is 17.0 Å². The molecule has 0 bridgehead atoms. The lowest BCUT2D eigenvalue weighted by Crippen LogP contribution is -2.21. The van der Waals surface area contributed by atoms with Gasteiger partial charge in [0.05, 0.1) is 22.4 Å². The van der Waals surface area contributed by atoms with Crippen molar-refractivity contribution < 1.29 is 13.5 Å². The molecule has 1 aromatic carbocycles. The molecular formula is C23H24N4O3S. The number of rotatable bonds is 5. The molecule has 1 fully saturated rings. The van der Waals surface area contributed by atoms with Crippen molar-refractivity contribution in [2.45, 2.75) is 43.1 Å². The Hall–Kier alpha value is -2.84. The second-order valence-corrected chi connectivity index (χ2v) is 10.6. The molecule has 5 rings (SSSR count). The Kier molecular flexibility index (Phi) is 4.60. The average Bonchev–Trinajstić information content (AvgIpc) is 3.50. The molecule has 3 heterocycles. The van der Waals surface area contributed by atoms with Gasteiger partial charge in [0, 0.05) is 41.8 Å². The lowest BCUT2D eigenvalue weighted by atomic mass is 9.99. The Labute approximate surface area is 181 Å². The monoisotopic (exact) mass is 436 g/mol. The standard InChI is InChI=1S/C23H24N4O3S/c1-3-31(29,30)18-4-5-19-21(11-18)27(14-23(19)7-8-23)22-25-12-17(13-26-22)20-10-16(15(2)28)6-9-24-20/h4-6,9-13,15,28H,3,7-8,14H2,1-2H3. The molecule has 0 saturated heterocycles. The van der Waals surface area contributed by atoms with Crippen LogP contribution in [0.5, 0.6) is 0 Å². The van der Waals surface area contributed by atoms with Gasteiger partial charge in [-0.15, -0.1) is 0 Å². The van der Waals surface area contributed by atoms with Crippen LogP contribution in [0.1, 0.15) is 43.9 Å². The lowest BCUT2D eigenvalue weighted by molar-refractivity contribution is 0.199. The van der Waals surface area contributed by atoms with Crippen molar-refractivity contribution in [1.82, 2.24) is 15.0 Å². The molecule has 1 N–H and O–H groups in total. The van der Waals surface area contributed by atoms with Crippen molar-refractivity contribution in [2.75, 3.05) is 17.2 Å². The Morgan fingerprint density at radius 2 is 1.87 bits per heavy atom. The number of sulfone groups is 1. The van der Waals surface area contributed by atoms with Crippen LogP contribution < -0.4 is 4.90 Å². The maximum Gasteiger partial charge on any atom is 0.229 e. The van der Waals surface area contributed by atoms with Gasteiger partial charge in [0.2, 0.25) is 5.95 Å². The first-order valence-electron chi connectivity index (χ1n) is 10.4. The summed E-state index contributed by atoms with van der Waals surface area (Å²) in [6.07, 6.45) is 6.71. The van der Waals surface area contributed by atoms with E-state index in [0.29, 0.717) is 16.5 Å². The topological polar surface area (TPSA) is 96.3 Å². The number of benzene rings is 1. The van der Waals surface area contributed by atoms with Gasteiger partial charge in [-0.05, 0) is 55.2 Å². The summed E-state index contributed by atoms with van der Waals surface area (Å²) in [6.45, 7) is 4.13. The van der Waals surface area contributed by atoms with E-state index < -0.39 is 15.9 Å². The zero-order chi connectivity index (χ0) is 21.8. The maximum atomic E-state index is 12.4. The third-order valence-corrected chi connectivity index (χ3v) is 8.06. The minimum Gasteiger partial charge on any atom is -0.389 e. The Morgan fingerprint density at radius 1 is 1.13 bits per heavy atom. The number of fused-ring (bicyclic) bond motifs is 2. The molecule has 2 aromatic heterocycles. The van der Waals surface area contributed by atoms with E-state index in [1.54, 1.807) is 50.6 Å². The summed E-state index contributed by atoms with van der Waals surface area (Å²) >= 11 is 0. The number of aromatic nitrogens is 3. The van der Waals surface area contributed by atoms with Crippen LogP contribution in [-0.4, -0.2) is 40.8 Å². The third kappa shape index (κ3) is 3.40. The second-order valence-electron chi connectivity index (χ2n) is 8.37. The van der Waals surface area contributed by atoms with Crippen LogP contribution in [0.3, 0.4) is 0 Å². The van der Waals surface area contributed by atoms with Crippen LogP contribution >= 0.6 is 0 Å². The van der Waals surface area contributed by atoms with Gasteiger partial charge >= 0.3 is 0 Å². The zero-order valence-corrected chi connectivity index (χ0v) is 18.3. The number of hydrogen-bond donors (Lipinski definition) is 1. The summed E-state index contributed by atoms with van der Waals surface area (Å²) < 4.78 is 24.8. The van der Waals surface area contributed by atoms with Crippen LogP contribution in [0, 0.1) is 0 Å². The number of aliphatic hydroxyl groups is 1. The molecule has 1 aliphatic heterocycles. The Morgan fingerprint density at radius 3 is 2.52 bits per heavy atom. The van der Waals surface area contributed by atoms with E-state index in [1.165, 1.54) is 5.56 Å². The zero-order valence-electron chi connectivity index (χ0n) is 17.5. The van der Waals surface area contributed by atoms with Crippen molar-refractivity contribution in [1.29, 1.82) is 0 Å². The summed E-state index contributed by atoms with van der Waals surface area (Å²) in [4.78, 5) is 15.9. The van der Waals surface area contributed by atoms with Gasteiger partial charge in [0.15, 0.2) is 9.84 Å². The number of pyridine rings is 1. The minimum atomic E-state index is -3.29. The van der Waals surface area contributed by atoms with Crippen molar-refractivity contribution in [2.24, 2.45) is 0 Å². The fourth-order valence-corrected chi connectivity index (χ4v) is 5.13. The van der Waals surface area contributed by atoms with E-state index >= 15 is 0 Å². The van der Waals surface area contributed by atoms with Crippen molar-refractivity contribution in [3.8, 4) is 11.3 Å². The average molecular weight is 437 g/mol. The number of hydrogen-bond acceptors (Lipinski definition) is 7. The fraction of sp³-hybridized carbons (Fsp3) is 0.348.